The van der Waals surface area contributed by atoms with Crippen molar-refractivity contribution in [2.24, 2.45) is 5.73 Å². The summed E-state index contributed by atoms with van der Waals surface area (Å²) in [4.78, 5) is 21.7. The van der Waals surface area contributed by atoms with E-state index in [-0.39, 0.29) is 18.2 Å². The standard InChI is InChI=1S/C7H12N2O2/c1-5(10)7(2-3-7)9-6(11)4-8/h2-4,8H2,1H3,(H,9,11). The monoisotopic (exact) mass is 156 g/mol. The lowest BCUT2D eigenvalue weighted by Crippen LogP contribution is -2.44. The minimum atomic E-state index is -0.545. The topological polar surface area (TPSA) is 72.2 Å². The van der Waals surface area contributed by atoms with Gasteiger partial charge in [-0.2, -0.15) is 0 Å². The zero-order valence-corrected chi connectivity index (χ0v) is 6.52. The van der Waals surface area contributed by atoms with Gasteiger partial charge in [-0.15, -0.1) is 0 Å². The average Bonchev–Trinajstić information content (AvgIpc) is 2.69. The maximum Gasteiger partial charge on any atom is 0.234 e. The highest BCUT2D eigenvalue weighted by Gasteiger charge is 2.48. The fourth-order valence-electron chi connectivity index (χ4n) is 1.01. The molecule has 1 saturated carbocycles. The molecule has 0 unspecified atom stereocenters. The van der Waals surface area contributed by atoms with Gasteiger partial charge in [0.2, 0.25) is 5.91 Å². The number of ketones is 1. The molecule has 0 heterocycles. The van der Waals surface area contributed by atoms with Crippen molar-refractivity contribution in [3.05, 3.63) is 0 Å². The van der Waals surface area contributed by atoms with E-state index < -0.39 is 5.54 Å². The lowest BCUT2D eigenvalue weighted by atomic mass is 10.2. The molecule has 3 N–H and O–H groups in total. The molecule has 11 heavy (non-hydrogen) atoms. The number of nitrogens with one attached hydrogen (secondary N) is 1. The van der Waals surface area contributed by atoms with Crippen LogP contribution in [-0.4, -0.2) is 23.8 Å². The number of carbonyl (C=O) groups excluding carboxylic acids is 2. The van der Waals surface area contributed by atoms with E-state index in [4.69, 9.17) is 5.73 Å². The van der Waals surface area contributed by atoms with Crippen molar-refractivity contribution >= 4 is 11.7 Å². The van der Waals surface area contributed by atoms with Gasteiger partial charge in [0, 0.05) is 0 Å². The van der Waals surface area contributed by atoms with Crippen molar-refractivity contribution in [1.82, 2.24) is 5.32 Å². The normalized spacial score (nSPS) is 19.1. The van der Waals surface area contributed by atoms with E-state index in [9.17, 15) is 9.59 Å². The fourth-order valence-corrected chi connectivity index (χ4v) is 1.01. The van der Waals surface area contributed by atoms with E-state index in [0.29, 0.717) is 0 Å². The predicted octanol–water partition coefficient (Wildman–Crippen LogP) is -0.817. The van der Waals surface area contributed by atoms with Gasteiger partial charge in [-0.3, -0.25) is 9.59 Å². The van der Waals surface area contributed by atoms with Crippen LogP contribution in [0.2, 0.25) is 0 Å². The molecule has 62 valence electrons. The van der Waals surface area contributed by atoms with Gasteiger partial charge in [-0.05, 0) is 19.8 Å². The Balaban J connectivity index is 2.48. The Morgan fingerprint density at radius 1 is 1.55 bits per heavy atom. The smallest absolute Gasteiger partial charge is 0.234 e. The Morgan fingerprint density at radius 3 is 2.36 bits per heavy atom. The van der Waals surface area contributed by atoms with Crippen LogP contribution >= 0.6 is 0 Å². The molecule has 1 fully saturated rings. The molecule has 0 saturated heterocycles. The summed E-state index contributed by atoms with van der Waals surface area (Å²) in [6.07, 6.45) is 1.52. The van der Waals surface area contributed by atoms with Crippen LogP contribution in [0.3, 0.4) is 0 Å². The van der Waals surface area contributed by atoms with Crippen LogP contribution in [0.1, 0.15) is 19.8 Å². The molecule has 0 bridgehead atoms. The number of amides is 1. The number of hydrogen-bond acceptors (Lipinski definition) is 3. The number of rotatable bonds is 3. The lowest BCUT2D eigenvalue weighted by molar-refractivity contribution is -0.126. The summed E-state index contributed by atoms with van der Waals surface area (Å²) in [6, 6.07) is 0. The summed E-state index contributed by atoms with van der Waals surface area (Å²) in [6.45, 7) is 1.44. The van der Waals surface area contributed by atoms with Crippen molar-refractivity contribution < 1.29 is 9.59 Å². The first-order valence-electron chi connectivity index (χ1n) is 3.63. The van der Waals surface area contributed by atoms with E-state index in [1.165, 1.54) is 6.92 Å². The molecule has 1 rings (SSSR count). The Hall–Kier alpha value is -0.900. The molecule has 0 spiro atoms. The highest BCUT2D eigenvalue weighted by atomic mass is 16.2. The summed E-state index contributed by atoms with van der Waals surface area (Å²) in [7, 11) is 0. The van der Waals surface area contributed by atoms with E-state index in [1.807, 2.05) is 0 Å². The van der Waals surface area contributed by atoms with Crippen LogP contribution in [0.25, 0.3) is 0 Å². The first kappa shape index (κ1) is 8.20. The van der Waals surface area contributed by atoms with E-state index in [0.717, 1.165) is 12.8 Å². The quantitative estimate of drug-likeness (QED) is 0.561. The third kappa shape index (κ3) is 1.57. The minimum absolute atomic E-state index is 0.0271. The summed E-state index contributed by atoms with van der Waals surface area (Å²) in [5.74, 6) is -0.225. The van der Waals surface area contributed by atoms with Gasteiger partial charge in [0.1, 0.15) is 0 Å². The van der Waals surface area contributed by atoms with Gasteiger partial charge in [0.15, 0.2) is 5.78 Å². The number of hydrogen-bond donors (Lipinski definition) is 2. The van der Waals surface area contributed by atoms with Gasteiger partial charge in [0.05, 0.1) is 12.1 Å². The van der Waals surface area contributed by atoms with Crippen LogP contribution in [0.15, 0.2) is 0 Å². The summed E-state index contributed by atoms with van der Waals surface area (Å²) in [5, 5.41) is 2.60. The van der Waals surface area contributed by atoms with Gasteiger partial charge < -0.3 is 11.1 Å². The Bertz CT molecular complexity index is 197. The Labute approximate surface area is 65.1 Å². The maximum absolute atomic E-state index is 10.9. The minimum Gasteiger partial charge on any atom is -0.342 e. The van der Waals surface area contributed by atoms with E-state index in [1.54, 1.807) is 0 Å². The van der Waals surface area contributed by atoms with E-state index in [2.05, 4.69) is 5.32 Å². The number of nitrogens with two attached hydrogens (primary N) is 1. The average molecular weight is 156 g/mol. The van der Waals surface area contributed by atoms with Crippen molar-refractivity contribution in [3.8, 4) is 0 Å². The van der Waals surface area contributed by atoms with Gasteiger partial charge in [-0.25, -0.2) is 0 Å². The lowest BCUT2D eigenvalue weighted by Gasteiger charge is -2.12. The second-order valence-corrected chi connectivity index (χ2v) is 2.89. The molecule has 1 amide bonds. The molecule has 0 radical (unpaired) electrons. The molecule has 0 aromatic carbocycles. The highest BCUT2D eigenvalue weighted by molar-refractivity contribution is 5.94. The SMILES string of the molecule is CC(=O)C1(NC(=O)CN)CC1. The van der Waals surface area contributed by atoms with Crippen LogP contribution in [0.4, 0.5) is 0 Å². The molecule has 1 aliphatic rings. The summed E-state index contributed by atoms with van der Waals surface area (Å²) >= 11 is 0. The second-order valence-electron chi connectivity index (χ2n) is 2.89. The van der Waals surface area contributed by atoms with Crippen molar-refractivity contribution in [2.75, 3.05) is 6.54 Å². The molecular weight excluding hydrogens is 144 g/mol. The molecule has 0 aromatic heterocycles. The van der Waals surface area contributed by atoms with Gasteiger partial charge >= 0.3 is 0 Å². The van der Waals surface area contributed by atoms with Crippen LogP contribution in [-0.2, 0) is 9.59 Å². The first-order chi connectivity index (χ1) is 5.10. The van der Waals surface area contributed by atoms with Crippen LogP contribution < -0.4 is 11.1 Å². The zero-order chi connectivity index (χ0) is 8.48. The van der Waals surface area contributed by atoms with Crippen LogP contribution in [0, 0.1) is 0 Å². The molecule has 1 aliphatic carbocycles. The molecule has 0 aromatic rings. The first-order valence-corrected chi connectivity index (χ1v) is 3.63. The molecule has 0 aliphatic heterocycles. The second kappa shape index (κ2) is 2.62. The maximum atomic E-state index is 10.9. The third-order valence-corrected chi connectivity index (χ3v) is 1.99. The zero-order valence-electron chi connectivity index (χ0n) is 6.52. The van der Waals surface area contributed by atoms with Crippen molar-refractivity contribution in [2.45, 2.75) is 25.3 Å². The summed E-state index contributed by atoms with van der Waals surface area (Å²) in [5.41, 5.74) is 4.54. The Morgan fingerprint density at radius 2 is 2.09 bits per heavy atom. The number of Topliss-reactive ketones (excluding diaryl/α,β-unsaturated/α-hetero) is 1. The molecule has 4 heteroatoms. The van der Waals surface area contributed by atoms with Gasteiger partial charge in [0.25, 0.3) is 0 Å². The fraction of sp³-hybridized carbons (Fsp3) is 0.714. The third-order valence-electron chi connectivity index (χ3n) is 1.99. The number of carbonyl (C=O) groups is 2. The highest BCUT2D eigenvalue weighted by Crippen LogP contribution is 2.35. The van der Waals surface area contributed by atoms with Crippen molar-refractivity contribution in [3.63, 3.8) is 0 Å². The largest absolute Gasteiger partial charge is 0.342 e. The Kier molecular flexibility index (Phi) is 1.95. The molecular formula is C7H12N2O2. The van der Waals surface area contributed by atoms with Gasteiger partial charge in [-0.1, -0.05) is 0 Å². The summed E-state index contributed by atoms with van der Waals surface area (Å²) < 4.78 is 0. The molecule has 4 nitrogen and oxygen atoms in total. The molecule has 0 atom stereocenters. The van der Waals surface area contributed by atoms with E-state index >= 15 is 0 Å². The van der Waals surface area contributed by atoms with Crippen LogP contribution in [0.5, 0.6) is 0 Å². The predicted molar refractivity (Wildman–Crippen MR) is 39.8 cm³/mol. The van der Waals surface area contributed by atoms with Crippen molar-refractivity contribution in [1.29, 1.82) is 0 Å².